The molecular weight excluding hydrogens is 214 g/mol. The lowest BCUT2D eigenvalue weighted by Gasteiger charge is -2.31. The van der Waals surface area contributed by atoms with Crippen molar-refractivity contribution < 1.29 is 9.90 Å². The second-order valence-electron chi connectivity index (χ2n) is 2.36. The van der Waals surface area contributed by atoms with Crippen LogP contribution in [0.4, 0.5) is 0 Å². The Morgan fingerprint density at radius 2 is 2.54 bits per heavy atom. The zero-order chi connectivity index (χ0) is 10.1. The molecule has 0 aromatic rings. The quantitative estimate of drug-likeness (QED) is 0.570. The van der Waals surface area contributed by atoms with Crippen molar-refractivity contribution in [2.75, 3.05) is 6.26 Å². The van der Waals surface area contributed by atoms with Crippen molar-refractivity contribution in [2.24, 2.45) is 10.7 Å². The fourth-order valence-corrected chi connectivity index (χ4v) is 1.55. The first-order chi connectivity index (χ1) is 5.99. The highest BCUT2D eigenvalue weighted by Gasteiger charge is 2.29. The predicted octanol–water partition coefficient (Wildman–Crippen LogP) is -1.21. The summed E-state index contributed by atoms with van der Waals surface area (Å²) < 4.78 is 0. The lowest BCUT2D eigenvalue weighted by Crippen LogP contribution is -2.66. The van der Waals surface area contributed by atoms with Crippen LogP contribution in [0, 0.1) is 0 Å². The SMILES string of the molecule is CSC1=C(Cl)N=CC(N)(C(=O)[O-])N1. The number of thioether (sulfide) groups is 1. The molecule has 1 unspecified atom stereocenters. The zero-order valence-corrected chi connectivity index (χ0v) is 8.28. The van der Waals surface area contributed by atoms with Gasteiger partial charge in [-0.25, -0.2) is 4.99 Å². The summed E-state index contributed by atoms with van der Waals surface area (Å²) in [5.41, 5.74) is 3.63. The fourth-order valence-electron chi connectivity index (χ4n) is 0.728. The third kappa shape index (κ3) is 1.96. The van der Waals surface area contributed by atoms with Crippen molar-refractivity contribution in [1.29, 1.82) is 0 Å². The van der Waals surface area contributed by atoms with Gasteiger partial charge in [-0.15, -0.1) is 11.8 Å². The van der Waals surface area contributed by atoms with E-state index in [1.165, 1.54) is 11.8 Å². The molecule has 0 fully saturated rings. The summed E-state index contributed by atoms with van der Waals surface area (Å²) in [4.78, 5) is 14.2. The summed E-state index contributed by atoms with van der Waals surface area (Å²) >= 11 is 6.87. The van der Waals surface area contributed by atoms with Crippen LogP contribution in [0.3, 0.4) is 0 Å². The van der Waals surface area contributed by atoms with Crippen LogP contribution in [-0.2, 0) is 4.79 Å². The van der Waals surface area contributed by atoms with E-state index in [0.717, 1.165) is 6.21 Å². The molecule has 0 radical (unpaired) electrons. The molecule has 0 amide bonds. The monoisotopic (exact) mass is 220 g/mol. The molecule has 1 atom stereocenters. The highest BCUT2D eigenvalue weighted by molar-refractivity contribution is 8.02. The number of nitrogens with two attached hydrogens (primary N) is 1. The Morgan fingerprint density at radius 1 is 1.92 bits per heavy atom. The largest absolute Gasteiger partial charge is 0.546 e. The normalized spacial score (nSPS) is 27.3. The van der Waals surface area contributed by atoms with E-state index in [2.05, 4.69) is 10.3 Å². The second kappa shape index (κ2) is 3.57. The molecule has 7 heteroatoms. The first kappa shape index (κ1) is 10.4. The van der Waals surface area contributed by atoms with Crippen molar-refractivity contribution in [2.45, 2.75) is 5.66 Å². The molecule has 0 spiro atoms. The molecule has 1 aliphatic heterocycles. The van der Waals surface area contributed by atoms with E-state index in [4.69, 9.17) is 17.3 Å². The number of aliphatic imine (C=N–C) groups is 1. The number of nitrogens with zero attached hydrogens (tertiary/aromatic N) is 1. The molecule has 0 aromatic heterocycles. The summed E-state index contributed by atoms with van der Waals surface area (Å²) in [6.45, 7) is 0. The van der Waals surface area contributed by atoms with E-state index in [9.17, 15) is 9.90 Å². The van der Waals surface area contributed by atoms with Crippen LogP contribution in [0.25, 0.3) is 0 Å². The molecule has 0 aliphatic carbocycles. The topological polar surface area (TPSA) is 90.5 Å². The van der Waals surface area contributed by atoms with Gasteiger partial charge in [-0.2, -0.15) is 0 Å². The minimum Gasteiger partial charge on any atom is -0.546 e. The van der Waals surface area contributed by atoms with Crippen LogP contribution in [0.5, 0.6) is 0 Å². The van der Waals surface area contributed by atoms with Crippen LogP contribution < -0.4 is 16.2 Å². The number of aliphatic carboxylic acids is 1. The molecule has 0 bridgehead atoms. The van der Waals surface area contributed by atoms with Crippen LogP contribution in [-0.4, -0.2) is 24.1 Å². The Balaban J connectivity index is 2.95. The number of carboxylic acids is 1. The smallest absolute Gasteiger partial charge is 0.164 e. The average Bonchev–Trinajstić information content (AvgIpc) is 2.09. The number of hydrogen-bond donors (Lipinski definition) is 2. The Labute approximate surface area is 84.0 Å². The van der Waals surface area contributed by atoms with Crippen molar-refractivity contribution in [1.82, 2.24) is 5.32 Å². The Morgan fingerprint density at radius 3 is 3.00 bits per heavy atom. The van der Waals surface area contributed by atoms with Gasteiger partial charge in [0.25, 0.3) is 0 Å². The Bertz CT molecular complexity index is 304. The molecule has 0 saturated carbocycles. The summed E-state index contributed by atoms with van der Waals surface area (Å²) in [6, 6.07) is 0. The van der Waals surface area contributed by atoms with Crippen LogP contribution in [0.2, 0.25) is 0 Å². The predicted molar refractivity (Wildman–Crippen MR) is 49.9 cm³/mol. The number of carboxylic acid groups (broad SMARTS) is 1. The van der Waals surface area contributed by atoms with Gasteiger partial charge in [0.15, 0.2) is 10.8 Å². The van der Waals surface area contributed by atoms with Crippen LogP contribution in [0.15, 0.2) is 15.2 Å². The number of nitrogens with one attached hydrogen (secondary N) is 1. The van der Waals surface area contributed by atoms with Crippen LogP contribution in [0.1, 0.15) is 0 Å². The third-order valence-corrected chi connectivity index (χ3v) is 2.53. The summed E-state index contributed by atoms with van der Waals surface area (Å²) in [5, 5.41) is 13.7. The zero-order valence-electron chi connectivity index (χ0n) is 6.70. The van der Waals surface area contributed by atoms with E-state index in [-0.39, 0.29) is 5.16 Å². The molecule has 13 heavy (non-hydrogen) atoms. The number of halogens is 1. The molecule has 5 nitrogen and oxygen atoms in total. The second-order valence-corrected chi connectivity index (χ2v) is 3.54. The Hall–Kier alpha value is -0.720. The lowest BCUT2D eigenvalue weighted by atomic mass is 10.2. The molecule has 1 heterocycles. The maximum atomic E-state index is 10.6. The molecule has 1 aliphatic rings. The highest BCUT2D eigenvalue weighted by Crippen LogP contribution is 2.22. The molecular formula is C6H7ClN3O2S-. The van der Waals surface area contributed by atoms with Gasteiger partial charge in [-0.3, -0.25) is 5.73 Å². The molecule has 72 valence electrons. The number of hydrogen-bond acceptors (Lipinski definition) is 6. The number of carbonyl (C=O) groups excluding carboxylic acids is 1. The maximum Gasteiger partial charge on any atom is 0.164 e. The molecule has 0 saturated heterocycles. The van der Waals surface area contributed by atoms with Crippen molar-refractivity contribution >= 4 is 35.5 Å². The van der Waals surface area contributed by atoms with E-state index >= 15 is 0 Å². The van der Waals surface area contributed by atoms with Gasteiger partial charge in [0, 0.05) is 0 Å². The first-order valence-corrected chi connectivity index (χ1v) is 4.87. The third-order valence-electron chi connectivity index (χ3n) is 1.43. The molecule has 0 aromatic carbocycles. The summed E-state index contributed by atoms with van der Waals surface area (Å²) in [7, 11) is 0. The van der Waals surface area contributed by atoms with Crippen LogP contribution >= 0.6 is 23.4 Å². The highest BCUT2D eigenvalue weighted by atomic mass is 35.5. The summed E-state index contributed by atoms with van der Waals surface area (Å²) in [5.74, 6) is -1.45. The average molecular weight is 221 g/mol. The van der Waals surface area contributed by atoms with Gasteiger partial charge in [-0.1, -0.05) is 11.6 Å². The van der Waals surface area contributed by atoms with Gasteiger partial charge >= 0.3 is 0 Å². The Kier molecular flexibility index (Phi) is 2.84. The van der Waals surface area contributed by atoms with Crippen molar-refractivity contribution in [3.05, 3.63) is 10.2 Å². The van der Waals surface area contributed by atoms with Gasteiger partial charge < -0.3 is 15.2 Å². The minimum absolute atomic E-state index is 0.190. The van der Waals surface area contributed by atoms with Crippen molar-refractivity contribution in [3.63, 3.8) is 0 Å². The summed E-state index contributed by atoms with van der Waals surface area (Å²) in [6.07, 6.45) is 2.73. The fraction of sp³-hybridized carbons (Fsp3) is 0.333. The lowest BCUT2D eigenvalue weighted by molar-refractivity contribution is -0.310. The number of rotatable bonds is 2. The van der Waals surface area contributed by atoms with E-state index < -0.39 is 11.6 Å². The minimum atomic E-state index is -1.77. The van der Waals surface area contributed by atoms with Crippen molar-refractivity contribution in [3.8, 4) is 0 Å². The van der Waals surface area contributed by atoms with E-state index in [1.54, 1.807) is 6.26 Å². The van der Waals surface area contributed by atoms with Gasteiger partial charge in [0.2, 0.25) is 0 Å². The van der Waals surface area contributed by atoms with Gasteiger partial charge in [0.05, 0.1) is 12.2 Å². The van der Waals surface area contributed by atoms with E-state index in [0.29, 0.717) is 5.03 Å². The van der Waals surface area contributed by atoms with E-state index in [1.807, 2.05) is 0 Å². The first-order valence-electron chi connectivity index (χ1n) is 3.27. The number of carbonyl (C=O) groups is 1. The molecule has 1 rings (SSSR count). The van der Waals surface area contributed by atoms with Gasteiger partial charge in [0.1, 0.15) is 5.03 Å². The standard InChI is InChI=1S/C6H8ClN3O2S/c1-13-4-3(7)9-2-6(8,10-4)5(11)12/h2,10H,8H2,1H3,(H,11,12)/p-1. The van der Waals surface area contributed by atoms with Gasteiger partial charge in [-0.05, 0) is 6.26 Å². The molecule has 3 N–H and O–H groups in total. The maximum absolute atomic E-state index is 10.6.